The number of benzene rings is 1. The third-order valence-electron chi connectivity index (χ3n) is 3.78. The van der Waals surface area contributed by atoms with Gasteiger partial charge in [0.2, 0.25) is 15.9 Å². The van der Waals surface area contributed by atoms with E-state index in [0.717, 1.165) is 12.8 Å². The molecule has 1 aromatic carbocycles. The molecule has 21 heavy (non-hydrogen) atoms. The van der Waals surface area contributed by atoms with Crippen LogP contribution in [0.2, 0.25) is 0 Å². The fraction of sp³-hybridized carbons (Fsp3) is 0.500. The van der Waals surface area contributed by atoms with Crippen LogP contribution in [0.3, 0.4) is 0 Å². The van der Waals surface area contributed by atoms with E-state index in [1.54, 1.807) is 0 Å². The fourth-order valence-corrected chi connectivity index (χ4v) is 2.79. The van der Waals surface area contributed by atoms with Crippen LogP contribution in [-0.4, -0.2) is 21.4 Å². The first-order valence-electron chi connectivity index (χ1n) is 6.80. The number of rotatable bonds is 6. The molecule has 6 nitrogen and oxygen atoms in total. The normalized spacial score (nSPS) is 16.3. The second-order valence-corrected chi connectivity index (χ2v) is 6.92. The first-order chi connectivity index (χ1) is 9.82. The van der Waals surface area contributed by atoms with E-state index >= 15 is 0 Å². The van der Waals surface area contributed by atoms with Gasteiger partial charge in [0, 0.05) is 18.0 Å². The zero-order chi connectivity index (χ0) is 15.6. The Labute approximate surface area is 124 Å². The van der Waals surface area contributed by atoms with Gasteiger partial charge in [-0.15, -0.1) is 0 Å². The van der Waals surface area contributed by atoms with Gasteiger partial charge < -0.3 is 10.1 Å². The topological polar surface area (TPSA) is 98.5 Å². The van der Waals surface area contributed by atoms with Crippen molar-refractivity contribution in [1.82, 2.24) is 5.32 Å². The molecule has 0 saturated heterocycles. The number of sulfonamides is 1. The first kappa shape index (κ1) is 15.8. The van der Waals surface area contributed by atoms with Crippen molar-refractivity contribution < 1.29 is 17.9 Å². The number of hydrogen-bond donors (Lipinski definition) is 2. The van der Waals surface area contributed by atoms with Crippen LogP contribution in [0.5, 0.6) is 5.75 Å². The average Bonchev–Trinajstić information content (AvgIpc) is 3.27. The van der Waals surface area contributed by atoms with Crippen molar-refractivity contribution in [3.63, 3.8) is 0 Å². The highest BCUT2D eigenvalue weighted by Gasteiger charge is 2.32. The van der Waals surface area contributed by atoms with E-state index in [2.05, 4.69) is 5.32 Å². The smallest absolute Gasteiger partial charge is 0.238 e. The monoisotopic (exact) mass is 312 g/mol. The largest absolute Gasteiger partial charge is 0.496 e. The minimum Gasteiger partial charge on any atom is -0.496 e. The molecule has 0 radical (unpaired) electrons. The second kappa shape index (κ2) is 6.03. The molecule has 1 aliphatic rings. The van der Waals surface area contributed by atoms with E-state index in [1.165, 1.54) is 25.3 Å². The summed E-state index contributed by atoms with van der Waals surface area (Å²) < 4.78 is 27.9. The van der Waals surface area contributed by atoms with Crippen LogP contribution in [0.1, 0.15) is 25.3 Å². The molecular weight excluding hydrogens is 292 g/mol. The zero-order valence-electron chi connectivity index (χ0n) is 12.1. The van der Waals surface area contributed by atoms with Gasteiger partial charge in [0.1, 0.15) is 5.75 Å². The quantitative estimate of drug-likeness (QED) is 0.819. The van der Waals surface area contributed by atoms with Crippen LogP contribution in [-0.2, 0) is 21.4 Å². The molecule has 0 heterocycles. The fourth-order valence-electron chi connectivity index (χ4n) is 2.22. The van der Waals surface area contributed by atoms with E-state index in [1.807, 2.05) is 6.92 Å². The Morgan fingerprint density at radius 3 is 2.67 bits per heavy atom. The van der Waals surface area contributed by atoms with Gasteiger partial charge in [-0.1, -0.05) is 6.92 Å². The molecule has 1 fully saturated rings. The van der Waals surface area contributed by atoms with Crippen molar-refractivity contribution in [2.24, 2.45) is 17.0 Å². The van der Waals surface area contributed by atoms with Gasteiger partial charge >= 0.3 is 0 Å². The molecule has 0 aliphatic heterocycles. The maximum atomic E-state index is 12.0. The summed E-state index contributed by atoms with van der Waals surface area (Å²) in [7, 11) is -2.29. The number of carbonyl (C=O) groups is 1. The second-order valence-electron chi connectivity index (χ2n) is 5.36. The Morgan fingerprint density at radius 1 is 1.48 bits per heavy atom. The number of methoxy groups -OCH3 is 1. The molecule has 7 heteroatoms. The number of amides is 1. The highest BCUT2D eigenvalue weighted by atomic mass is 32.2. The number of hydrogen-bond acceptors (Lipinski definition) is 4. The highest BCUT2D eigenvalue weighted by Crippen LogP contribution is 2.36. The van der Waals surface area contributed by atoms with E-state index in [0.29, 0.717) is 17.2 Å². The number of nitrogens with one attached hydrogen (secondary N) is 1. The van der Waals surface area contributed by atoms with E-state index < -0.39 is 10.0 Å². The lowest BCUT2D eigenvalue weighted by Gasteiger charge is -2.14. The van der Waals surface area contributed by atoms with Crippen molar-refractivity contribution >= 4 is 15.9 Å². The number of carbonyl (C=O) groups excluding carboxylic acids is 1. The maximum absolute atomic E-state index is 12.0. The third-order valence-corrected chi connectivity index (χ3v) is 4.69. The Hall–Kier alpha value is -1.60. The van der Waals surface area contributed by atoms with E-state index in [-0.39, 0.29) is 23.3 Å². The minimum atomic E-state index is -3.78. The highest BCUT2D eigenvalue weighted by molar-refractivity contribution is 7.89. The molecule has 0 bridgehead atoms. The third kappa shape index (κ3) is 3.95. The van der Waals surface area contributed by atoms with Gasteiger partial charge in [-0.3, -0.25) is 4.79 Å². The first-order valence-corrected chi connectivity index (χ1v) is 8.35. The van der Waals surface area contributed by atoms with Gasteiger partial charge in [-0.25, -0.2) is 13.6 Å². The summed E-state index contributed by atoms with van der Waals surface area (Å²) in [6.45, 7) is 2.12. The van der Waals surface area contributed by atoms with Gasteiger partial charge in [-0.05, 0) is 37.0 Å². The summed E-state index contributed by atoms with van der Waals surface area (Å²) in [5, 5.41) is 7.93. The van der Waals surface area contributed by atoms with Crippen LogP contribution in [0.25, 0.3) is 0 Å². The molecule has 0 spiro atoms. The predicted octanol–water partition coefficient (Wildman–Crippen LogP) is 1.00. The molecule has 2 rings (SSSR count). The van der Waals surface area contributed by atoms with Gasteiger partial charge in [0.15, 0.2) is 0 Å². The van der Waals surface area contributed by atoms with E-state index in [4.69, 9.17) is 9.88 Å². The van der Waals surface area contributed by atoms with Gasteiger partial charge in [0.05, 0.1) is 12.0 Å². The summed E-state index contributed by atoms with van der Waals surface area (Å²) in [5.41, 5.74) is 0.584. The summed E-state index contributed by atoms with van der Waals surface area (Å²) in [6.07, 6.45) is 2.19. The lowest BCUT2D eigenvalue weighted by Crippen LogP contribution is -2.30. The zero-order valence-corrected chi connectivity index (χ0v) is 12.9. The van der Waals surface area contributed by atoms with Crippen molar-refractivity contribution in [2.75, 3.05) is 7.11 Å². The summed E-state index contributed by atoms with van der Waals surface area (Å²) in [4.78, 5) is 12.0. The Kier molecular flexibility index (Phi) is 4.53. The van der Waals surface area contributed by atoms with Crippen molar-refractivity contribution in [1.29, 1.82) is 0 Å². The Bertz CT molecular complexity index is 638. The van der Waals surface area contributed by atoms with Crippen LogP contribution in [0.15, 0.2) is 23.1 Å². The Balaban J connectivity index is 2.12. The molecule has 1 aromatic rings. The number of primary sulfonamides is 1. The van der Waals surface area contributed by atoms with Gasteiger partial charge in [0.25, 0.3) is 0 Å². The van der Waals surface area contributed by atoms with Crippen molar-refractivity contribution in [2.45, 2.75) is 31.2 Å². The average molecular weight is 312 g/mol. The Morgan fingerprint density at radius 2 is 2.14 bits per heavy atom. The molecule has 1 amide bonds. The molecule has 1 saturated carbocycles. The number of nitrogens with two attached hydrogens (primary N) is 1. The van der Waals surface area contributed by atoms with Crippen molar-refractivity contribution in [3.05, 3.63) is 23.8 Å². The van der Waals surface area contributed by atoms with Crippen LogP contribution in [0, 0.1) is 11.8 Å². The SMILES string of the molecule is COc1ccc(S(N)(=O)=O)cc1CNC(=O)C(C)C1CC1. The van der Waals surface area contributed by atoms with Crippen molar-refractivity contribution in [3.8, 4) is 5.75 Å². The molecule has 1 atom stereocenters. The molecule has 0 aromatic heterocycles. The van der Waals surface area contributed by atoms with Crippen LogP contribution in [0.4, 0.5) is 0 Å². The lowest BCUT2D eigenvalue weighted by molar-refractivity contribution is -0.125. The van der Waals surface area contributed by atoms with Gasteiger partial charge in [-0.2, -0.15) is 0 Å². The lowest BCUT2D eigenvalue weighted by atomic mass is 10.1. The number of ether oxygens (including phenoxy) is 1. The summed E-state index contributed by atoms with van der Waals surface area (Å²) >= 11 is 0. The molecule has 1 unspecified atom stereocenters. The predicted molar refractivity (Wildman–Crippen MR) is 78.1 cm³/mol. The maximum Gasteiger partial charge on any atom is 0.238 e. The summed E-state index contributed by atoms with van der Waals surface area (Å²) in [5.74, 6) is 0.947. The summed E-state index contributed by atoms with van der Waals surface area (Å²) in [6, 6.07) is 4.34. The minimum absolute atomic E-state index is 0.00258. The molecule has 116 valence electrons. The van der Waals surface area contributed by atoms with Crippen LogP contribution >= 0.6 is 0 Å². The molecule has 1 aliphatic carbocycles. The molecule has 3 N–H and O–H groups in total. The standard InChI is InChI=1S/C14H20N2O4S/c1-9(10-3-4-10)14(17)16-8-11-7-12(21(15,18)19)5-6-13(11)20-2/h5-7,9-10H,3-4,8H2,1-2H3,(H,16,17)(H2,15,18,19). The molecular formula is C14H20N2O4S. The van der Waals surface area contributed by atoms with Crippen LogP contribution < -0.4 is 15.2 Å². The van der Waals surface area contributed by atoms with E-state index in [9.17, 15) is 13.2 Å².